The zero-order chi connectivity index (χ0) is 18.4. The highest BCUT2D eigenvalue weighted by molar-refractivity contribution is 7.90. The van der Waals surface area contributed by atoms with E-state index < -0.39 is 21.8 Å². The second kappa shape index (κ2) is 6.00. The van der Waals surface area contributed by atoms with Gasteiger partial charge in [0.2, 0.25) is 0 Å². The Labute approximate surface area is 144 Å². The smallest absolute Gasteiger partial charge is 0.337 e. The molecule has 0 radical (unpaired) electrons. The van der Waals surface area contributed by atoms with Crippen LogP contribution >= 0.6 is 0 Å². The van der Waals surface area contributed by atoms with Gasteiger partial charge in [0.15, 0.2) is 0 Å². The maximum atomic E-state index is 13.5. The van der Waals surface area contributed by atoms with E-state index in [-0.39, 0.29) is 27.3 Å². The number of benzene rings is 2. The third-order valence-corrected chi connectivity index (χ3v) is 5.75. The van der Waals surface area contributed by atoms with Crippen LogP contribution in [0.15, 0.2) is 53.6 Å². The number of rotatable bonds is 4. The molecule has 0 spiro atoms. The minimum absolute atomic E-state index is 0.0369. The van der Waals surface area contributed by atoms with Gasteiger partial charge in [-0.1, -0.05) is 26.0 Å². The Morgan fingerprint density at radius 2 is 1.76 bits per heavy atom. The fraction of sp³-hybridized carbons (Fsp3) is 0.167. The number of carboxylic acid groups (broad SMARTS) is 1. The van der Waals surface area contributed by atoms with Crippen LogP contribution in [0.4, 0.5) is 4.39 Å². The van der Waals surface area contributed by atoms with Gasteiger partial charge in [0, 0.05) is 11.6 Å². The molecule has 0 bridgehead atoms. The lowest BCUT2D eigenvalue weighted by molar-refractivity contribution is 0.0699. The van der Waals surface area contributed by atoms with E-state index in [9.17, 15) is 22.7 Å². The molecule has 0 atom stereocenters. The first-order valence-electron chi connectivity index (χ1n) is 7.61. The lowest BCUT2D eigenvalue weighted by atomic mass is 10.0. The predicted molar refractivity (Wildman–Crippen MR) is 92.0 cm³/mol. The normalized spacial score (nSPS) is 12.0. The molecule has 0 aliphatic rings. The zero-order valence-electron chi connectivity index (χ0n) is 13.6. The van der Waals surface area contributed by atoms with Crippen molar-refractivity contribution in [3.63, 3.8) is 0 Å². The molecule has 2 aromatic carbocycles. The largest absolute Gasteiger partial charge is 0.478 e. The Morgan fingerprint density at radius 3 is 2.32 bits per heavy atom. The van der Waals surface area contributed by atoms with Crippen molar-refractivity contribution in [3.8, 4) is 0 Å². The maximum absolute atomic E-state index is 13.5. The Kier molecular flexibility index (Phi) is 4.12. The number of halogens is 1. The number of hydrogen-bond acceptors (Lipinski definition) is 3. The molecule has 0 amide bonds. The summed E-state index contributed by atoms with van der Waals surface area (Å²) in [6, 6.07) is 9.80. The number of fused-ring (bicyclic) bond motifs is 1. The molecule has 0 saturated carbocycles. The van der Waals surface area contributed by atoms with Crippen molar-refractivity contribution in [1.29, 1.82) is 0 Å². The van der Waals surface area contributed by atoms with Gasteiger partial charge in [-0.05, 0) is 41.8 Å². The van der Waals surface area contributed by atoms with Crippen molar-refractivity contribution in [1.82, 2.24) is 3.97 Å². The summed E-state index contributed by atoms with van der Waals surface area (Å²) < 4.78 is 40.2. The van der Waals surface area contributed by atoms with Crippen LogP contribution < -0.4 is 0 Å². The average Bonchev–Trinajstić information content (AvgIpc) is 2.94. The average molecular weight is 361 g/mol. The van der Waals surface area contributed by atoms with E-state index in [1.807, 2.05) is 13.8 Å². The summed E-state index contributed by atoms with van der Waals surface area (Å²) in [5, 5.41) is 9.33. The molecule has 1 aromatic heterocycles. The van der Waals surface area contributed by atoms with E-state index in [0.717, 1.165) is 27.9 Å². The van der Waals surface area contributed by atoms with Crippen LogP contribution in [-0.4, -0.2) is 23.5 Å². The third kappa shape index (κ3) is 2.91. The van der Waals surface area contributed by atoms with Crippen LogP contribution in [0.5, 0.6) is 0 Å². The Bertz CT molecular complexity index is 1070. The number of aromatic nitrogens is 1. The Morgan fingerprint density at radius 1 is 1.12 bits per heavy atom. The summed E-state index contributed by atoms with van der Waals surface area (Å²) >= 11 is 0. The molecule has 3 aromatic rings. The zero-order valence-corrected chi connectivity index (χ0v) is 14.4. The Hall–Kier alpha value is -2.67. The third-order valence-electron chi connectivity index (χ3n) is 4.07. The van der Waals surface area contributed by atoms with Gasteiger partial charge in [0.1, 0.15) is 5.82 Å². The topological polar surface area (TPSA) is 76.4 Å². The fourth-order valence-electron chi connectivity index (χ4n) is 2.68. The minimum Gasteiger partial charge on any atom is -0.478 e. The number of carbonyl (C=O) groups is 1. The van der Waals surface area contributed by atoms with Crippen molar-refractivity contribution in [3.05, 3.63) is 65.6 Å². The molecule has 0 saturated heterocycles. The summed E-state index contributed by atoms with van der Waals surface area (Å²) in [6.45, 7) is 3.99. The monoisotopic (exact) mass is 361 g/mol. The quantitative estimate of drug-likeness (QED) is 0.766. The van der Waals surface area contributed by atoms with Crippen molar-refractivity contribution >= 4 is 26.9 Å². The van der Waals surface area contributed by atoms with Gasteiger partial charge in [-0.25, -0.2) is 21.6 Å². The number of aromatic carboxylic acids is 1. The van der Waals surface area contributed by atoms with Gasteiger partial charge in [0.25, 0.3) is 10.0 Å². The molecule has 5 nitrogen and oxygen atoms in total. The van der Waals surface area contributed by atoms with Crippen LogP contribution in [0.25, 0.3) is 10.9 Å². The lowest BCUT2D eigenvalue weighted by Gasteiger charge is -2.10. The summed E-state index contributed by atoms with van der Waals surface area (Å²) in [7, 11) is -4.00. The van der Waals surface area contributed by atoms with E-state index in [4.69, 9.17) is 0 Å². The molecule has 0 aliphatic heterocycles. The van der Waals surface area contributed by atoms with Gasteiger partial charge in [0.05, 0.1) is 16.0 Å². The van der Waals surface area contributed by atoms with E-state index >= 15 is 0 Å². The molecule has 1 heterocycles. The summed E-state index contributed by atoms with van der Waals surface area (Å²) in [5.74, 6) is -1.70. The first-order chi connectivity index (χ1) is 11.7. The SMILES string of the molecule is CC(C)c1ccc(S(=O)(=O)n2cc(C(=O)O)c3cc(F)ccc32)cc1. The van der Waals surface area contributed by atoms with Gasteiger partial charge in [-0.3, -0.25) is 0 Å². The molecular formula is C18H16FNO4S. The van der Waals surface area contributed by atoms with Crippen molar-refractivity contribution in [2.75, 3.05) is 0 Å². The highest BCUT2D eigenvalue weighted by Crippen LogP contribution is 2.27. The van der Waals surface area contributed by atoms with Crippen LogP contribution in [0.2, 0.25) is 0 Å². The fourth-order valence-corrected chi connectivity index (χ4v) is 4.05. The van der Waals surface area contributed by atoms with Gasteiger partial charge in [-0.15, -0.1) is 0 Å². The first-order valence-corrected chi connectivity index (χ1v) is 9.05. The molecule has 3 rings (SSSR count). The van der Waals surface area contributed by atoms with Crippen LogP contribution in [-0.2, 0) is 10.0 Å². The van der Waals surface area contributed by atoms with E-state index in [0.29, 0.717) is 0 Å². The molecule has 1 N–H and O–H groups in total. The molecule has 0 aliphatic carbocycles. The highest BCUT2D eigenvalue weighted by Gasteiger charge is 2.24. The summed E-state index contributed by atoms with van der Waals surface area (Å²) in [5.41, 5.74) is 0.841. The molecule has 0 unspecified atom stereocenters. The first kappa shape index (κ1) is 17.2. The van der Waals surface area contributed by atoms with Crippen molar-refractivity contribution in [2.45, 2.75) is 24.7 Å². The van der Waals surface area contributed by atoms with Gasteiger partial charge >= 0.3 is 5.97 Å². The molecule has 7 heteroatoms. The predicted octanol–water partition coefficient (Wildman–Crippen LogP) is 3.84. The highest BCUT2D eigenvalue weighted by atomic mass is 32.2. The Balaban J connectivity index is 2.22. The standard InChI is InChI=1S/C18H16FNO4S/c1-11(2)12-3-6-14(7-4-12)25(23,24)20-10-16(18(21)22)15-9-13(19)5-8-17(15)20/h3-11H,1-2H3,(H,21,22). The number of nitrogens with zero attached hydrogens (tertiary/aromatic N) is 1. The second-order valence-corrected chi connectivity index (χ2v) is 7.85. The van der Waals surface area contributed by atoms with Crippen molar-refractivity contribution in [2.24, 2.45) is 0 Å². The molecule has 130 valence electrons. The van der Waals surface area contributed by atoms with Gasteiger partial charge in [-0.2, -0.15) is 0 Å². The van der Waals surface area contributed by atoms with E-state index in [2.05, 4.69) is 0 Å². The number of hydrogen-bond donors (Lipinski definition) is 1. The van der Waals surface area contributed by atoms with Crippen molar-refractivity contribution < 1.29 is 22.7 Å². The van der Waals surface area contributed by atoms with Crippen LogP contribution in [0.1, 0.15) is 35.7 Å². The lowest BCUT2D eigenvalue weighted by Crippen LogP contribution is -2.12. The van der Waals surface area contributed by atoms with Crippen LogP contribution in [0, 0.1) is 5.82 Å². The second-order valence-electron chi connectivity index (χ2n) is 6.03. The molecule has 0 fully saturated rings. The summed E-state index contributed by atoms with van der Waals surface area (Å²) in [6.07, 6.45) is 1.01. The van der Waals surface area contributed by atoms with E-state index in [1.54, 1.807) is 12.1 Å². The number of carboxylic acids is 1. The minimum atomic E-state index is -4.00. The molecular weight excluding hydrogens is 345 g/mol. The maximum Gasteiger partial charge on any atom is 0.337 e. The van der Waals surface area contributed by atoms with E-state index in [1.165, 1.54) is 18.2 Å². The van der Waals surface area contributed by atoms with Gasteiger partial charge < -0.3 is 5.11 Å². The molecule has 25 heavy (non-hydrogen) atoms. The summed E-state index contributed by atoms with van der Waals surface area (Å²) in [4.78, 5) is 11.4. The van der Waals surface area contributed by atoms with Crippen LogP contribution in [0.3, 0.4) is 0 Å².